The Morgan fingerprint density at radius 2 is 1.24 bits per heavy atom. The molecule has 1 unspecified atom stereocenters. The summed E-state index contributed by atoms with van der Waals surface area (Å²) in [5.74, 6) is -0.634. The molecular formula is C36H50N6O9. The van der Waals surface area contributed by atoms with Crippen LogP contribution in [0.4, 0.5) is 9.59 Å². The molecule has 0 saturated carbocycles. The highest BCUT2D eigenvalue weighted by Gasteiger charge is 2.38. The first-order valence-corrected chi connectivity index (χ1v) is 17.6. The molecule has 4 aliphatic rings. The minimum atomic E-state index is -1.41. The van der Waals surface area contributed by atoms with Crippen LogP contribution in [0.5, 0.6) is 0 Å². The maximum absolute atomic E-state index is 12.4. The third kappa shape index (κ3) is 9.45. The van der Waals surface area contributed by atoms with E-state index in [2.05, 4.69) is 47.6 Å². The standard InChI is InChI=1S/2C14H21N3O3.C8H8O3/c2*1-9(2)13-12-11(15-8-16-12)3-5-17(13)14(18)20-10-4-6-19-7-10;9-7(8(10)11)6-4-2-1-3-5-6/h2*8-10,13H,3-7H2,1-2H3,(H,15,16);1-5,7,9H,(H,10,11)/t10-,13?;10-,13-;7-/m001/s1. The number of fused-ring (bicyclic) bond motifs is 2. The number of carbonyl (C=O) groups is 3. The zero-order valence-corrected chi connectivity index (χ0v) is 29.7. The summed E-state index contributed by atoms with van der Waals surface area (Å²) in [6, 6.07) is 8.23. The number of amides is 2. The van der Waals surface area contributed by atoms with Gasteiger partial charge in [0.2, 0.25) is 0 Å². The topological polar surface area (TPSA) is 192 Å². The van der Waals surface area contributed by atoms with Crippen molar-refractivity contribution in [1.29, 1.82) is 0 Å². The van der Waals surface area contributed by atoms with Crippen LogP contribution in [0.2, 0.25) is 0 Å². The maximum Gasteiger partial charge on any atom is 0.410 e. The molecule has 15 nitrogen and oxygen atoms in total. The van der Waals surface area contributed by atoms with Crippen molar-refractivity contribution in [2.24, 2.45) is 11.8 Å². The van der Waals surface area contributed by atoms with E-state index in [4.69, 9.17) is 29.2 Å². The molecule has 15 heteroatoms. The molecular weight excluding hydrogens is 660 g/mol. The van der Waals surface area contributed by atoms with E-state index in [0.29, 0.717) is 56.9 Å². The van der Waals surface area contributed by atoms with Gasteiger partial charge in [0, 0.05) is 50.2 Å². The van der Waals surface area contributed by atoms with E-state index < -0.39 is 12.1 Å². The third-order valence-corrected chi connectivity index (χ3v) is 9.33. The Labute approximate surface area is 297 Å². The molecule has 2 saturated heterocycles. The zero-order chi connectivity index (χ0) is 36.5. The molecule has 3 aromatic rings. The van der Waals surface area contributed by atoms with Crippen molar-refractivity contribution in [2.45, 2.75) is 83.8 Å². The summed E-state index contributed by atoms with van der Waals surface area (Å²) >= 11 is 0. The number of carbonyl (C=O) groups excluding carboxylic acids is 2. The molecule has 1 aromatic carbocycles. The number of nitrogens with zero attached hydrogens (tertiary/aromatic N) is 4. The maximum atomic E-state index is 12.4. The lowest BCUT2D eigenvalue weighted by atomic mass is 9.93. The summed E-state index contributed by atoms with van der Waals surface area (Å²) < 4.78 is 21.6. The Kier molecular flexibility index (Phi) is 13.1. The summed E-state index contributed by atoms with van der Waals surface area (Å²) in [7, 11) is 0. The first-order chi connectivity index (χ1) is 24.5. The fourth-order valence-corrected chi connectivity index (χ4v) is 6.78. The van der Waals surface area contributed by atoms with Gasteiger partial charge in [-0.3, -0.25) is 9.80 Å². The van der Waals surface area contributed by atoms with Crippen molar-refractivity contribution < 1.29 is 43.5 Å². The normalized spacial score (nSPS) is 23.0. The zero-order valence-electron chi connectivity index (χ0n) is 29.7. The molecule has 278 valence electrons. The number of nitrogens with one attached hydrogen (secondary N) is 2. The van der Waals surface area contributed by atoms with Crippen LogP contribution in [-0.2, 0) is 36.6 Å². The molecule has 0 bridgehead atoms. The number of benzene rings is 1. The lowest BCUT2D eigenvalue weighted by Crippen LogP contribution is -2.43. The molecule has 0 spiro atoms. The van der Waals surface area contributed by atoms with Gasteiger partial charge in [0.1, 0.15) is 12.2 Å². The molecule has 2 amide bonds. The monoisotopic (exact) mass is 710 g/mol. The van der Waals surface area contributed by atoms with Gasteiger partial charge in [-0.25, -0.2) is 24.4 Å². The van der Waals surface area contributed by atoms with Gasteiger partial charge in [0.15, 0.2) is 6.10 Å². The quantitative estimate of drug-likeness (QED) is 0.280. The minimum Gasteiger partial charge on any atom is -0.479 e. The third-order valence-electron chi connectivity index (χ3n) is 9.33. The van der Waals surface area contributed by atoms with Crippen molar-refractivity contribution >= 4 is 18.2 Å². The highest BCUT2D eigenvalue weighted by Crippen LogP contribution is 2.35. The summed E-state index contributed by atoms with van der Waals surface area (Å²) in [4.78, 5) is 53.8. The molecule has 4 aliphatic heterocycles. The van der Waals surface area contributed by atoms with Gasteiger partial charge >= 0.3 is 18.2 Å². The molecule has 6 heterocycles. The Hall–Kier alpha value is -4.47. The van der Waals surface area contributed by atoms with Gasteiger partial charge in [-0.05, 0) is 17.4 Å². The number of carboxylic acids is 1. The number of hydrogen-bond acceptors (Lipinski definition) is 10. The van der Waals surface area contributed by atoms with Crippen LogP contribution in [0.1, 0.15) is 87.1 Å². The smallest absolute Gasteiger partial charge is 0.410 e. The number of imidazole rings is 2. The summed E-state index contributed by atoms with van der Waals surface area (Å²) in [5.41, 5.74) is 4.63. The number of aliphatic carboxylic acids is 1. The van der Waals surface area contributed by atoms with Gasteiger partial charge in [0.25, 0.3) is 0 Å². The van der Waals surface area contributed by atoms with E-state index in [1.165, 1.54) is 0 Å². The van der Waals surface area contributed by atoms with E-state index in [-0.39, 0.29) is 36.5 Å². The average molecular weight is 711 g/mol. The van der Waals surface area contributed by atoms with Crippen molar-refractivity contribution in [3.63, 3.8) is 0 Å². The number of aliphatic hydroxyl groups is 1. The summed E-state index contributed by atoms with van der Waals surface area (Å²) in [6.07, 6.45) is 4.51. The number of aliphatic hydroxyl groups excluding tert-OH is 1. The van der Waals surface area contributed by atoms with Gasteiger partial charge < -0.3 is 39.1 Å². The fraction of sp³-hybridized carbons (Fsp3) is 0.583. The van der Waals surface area contributed by atoms with E-state index in [1.807, 2.05) is 9.80 Å². The summed E-state index contributed by atoms with van der Waals surface area (Å²) in [6.45, 7) is 12.1. The number of aromatic amines is 2. The predicted octanol–water partition coefficient (Wildman–Crippen LogP) is 4.59. The average Bonchev–Trinajstić information content (AvgIpc) is 3.96. The van der Waals surface area contributed by atoms with E-state index in [9.17, 15) is 14.4 Å². The van der Waals surface area contributed by atoms with E-state index in [0.717, 1.165) is 48.5 Å². The van der Waals surface area contributed by atoms with Crippen LogP contribution in [0.25, 0.3) is 0 Å². The van der Waals surface area contributed by atoms with Crippen LogP contribution in [0.3, 0.4) is 0 Å². The second-order valence-electron chi connectivity index (χ2n) is 13.7. The number of aromatic nitrogens is 4. The first kappa shape index (κ1) is 37.8. The number of H-pyrrole nitrogens is 2. The Morgan fingerprint density at radius 3 is 1.61 bits per heavy atom. The largest absolute Gasteiger partial charge is 0.479 e. The van der Waals surface area contributed by atoms with Gasteiger partial charge in [-0.2, -0.15) is 0 Å². The van der Waals surface area contributed by atoms with Crippen LogP contribution in [0.15, 0.2) is 43.0 Å². The van der Waals surface area contributed by atoms with E-state index >= 15 is 0 Å². The van der Waals surface area contributed by atoms with Crippen molar-refractivity contribution in [3.05, 3.63) is 71.3 Å². The molecule has 2 aromatic heterocycles. The number of rotatable bonds is 6. The Morgan fingerprint density at radius 1 is 0.784 bits per heavy atom. The number of ether oxygens (including phenoxy) is 4. The SMILES string of the molecule is CC(C)C1c2nc[nH]c2CCN1C(=O)O[C@H]1CCOC1.CC(C)[C@H]1c2nc[nH]c2CCN1C(=O)O[C@H]1CCOC1.O=C(O)[C@H](O)c1ccccc1. The van der Waals surface area contributed by atoms with Gasteiger partial charge in [-0.15, -0.1) is 0 Å². The molecule has 4 N–H and O–H groups in total. The van der Waals surface area contributed by atoms with E-state index in [1.54, 1.807) is 43.0 Å². The predicted molar refractivity (Wildman–Crippen MR) is 184 cm³/mol. The van der Waals surface area contributed by atoms with Crippen LogP contribution in [0, 0.1) is 11.8 Å². The van der Waals surface area contributed by atoms with Crippen LogP contribution < -0.4 is 0 Å². The number of carboxylic acid groups (broad SMARTS) is 1. The second kappa shape index (κ2) is 17.6. The minimum absolute atomic E-state index is 0.0141. The van der Waals surface area contributed by atoms with Crippen molar-refractivity contribution in [2.75, 3.05) is 39.5 Å². The molecule has 2 fully saturated rings. The molecule has 0 aliphatic carbocycles. The van der Waals surface area contributed by atoms with Gasteiger partial charge in [-0.1, -0.05) is 58.0 Å². The fourth-order valence-electron chi connectivity index (χ4n) is 6.78. The molecule has 7 rings (SSSR count). The Bertz CT molecular complexity index is 1480. The van der Waals surface area contributed by atoms with Crippen LogP contribution >= 0.6 is 0 Å². The van der Waals surface area contributed by atoms with Crippen molar-refractivity contribution in [3.8, 4) is 0 Å². The van der Waals surface area contributed by atoms with Gasteiger partial charge in [0.05, 0.1) is 62.6 Å². The molecule has 5 atom stereocenters. The Balaban J connectivity index is 0.000000155. The molecule has 0 radical (unpaired) electrons. The highest BCUT2D eigenvalue weighted by atomic mass is 16.6. The molecule has 51 heavy (non-hydrogen) atoms. The lowest BCUT2D eigenvalue weighted by Gasteiger charge is -2.36. The second-order valence-corrected chi connectivity index (χ2v) is 13.7. The van der Waals surface area contributed by atoms with Crippen LogP contribution in [-0.4, -0.2) is 110 Å². The highest BCUT2D eigenvalue weighted by molar-refractivity contribution is 5.74. The number of hydrogen-bond donors (Lipinski definition) is 4. The summed E-state index contributed by atoms with van der Waals surface area (Å²) in [5, 5.41) is 17.4. The lowest BCUT2D eigenvalue weighted by molar-refractivity contribution is -0.146. The van der Waals surface area contributed by atoms with Crippen molar-refractivity contribution in [1.82, 2.24) is 29.7 Å². The first-order valence-electron chi connectivity index (χ1n) is 17.6.